The van der Waals surface area contributed by atoms with Crippen LogP contribution >= 0.6 is 0 Å². The second-order valence-corrected chi connectivity index (χ2v) is 3.70. The van der Waals surface area contributed by atoms with Crippen LogP contribution in [0.5, 0.6) is 11.6 Å². The molecular formula is C13H10N4O3. The highest BCUT2D eigenvalue weighted by molar-refractivity contribution is 5.86. The fraction of sp³-hybridized carbons (Fsp3) is 0.0769. The molecule has 0 saturated carbocycles. The number of rotatable bonds is 3. The predicted octanol–water partition coefficient (Wildman–Crippen LogP) is 1.51. The SMILES string of the molecule is COC(=O)c1cncc(Oc2ccc(N)cc2C#N)n1. The number of esters is 1. The Balaban J connectivity index is 2.31. The number of hydrogen-bond donors (Lipinski definition) is 1. The molecule has 0 bridgehead atoms. The van der Waals surface area contributed by atoms with Gasteiger partial charge in [0.15, 0.2) is 5.69 Å². The Morgan fingerprint density at radius 1 is 1.40 bits per heavy atom. The van der Waals surface area contributed by atoms with Crippen molar-refractivity contribution in [2.75, 3.05) is 12.8 Å². The normalized spacial score (nSPS) is 9.60. The molecule has 0 atom stereocenters. The molecule has 2 N–H and O–H groups in total. The molecule has 0 unspecified atom stereocenters. The van der Waals surface area contributed by atoms with Crippen molar-refractivity contribution in [3.63, 3.8) is 0 Å². The van der Waals surface area contributed by atoms with Gasteiger partial charge in [-0.25, -0.2) is 9.78 Å². The summed E-state index contributed by atoms with van der Waals surface area (Å²) in [5.74, 6) is -0.270. The highest BCUT2D eigenvalue weighted by Gasteiger charge is 2.11. The largest absolute Gasteiger partial charge is 0.464 e. The number of carbonyl (C=O) groups excluding carboxylic acids is 1. The standard InChI is InChI=1S/C13H10N4O3/c1-19-13(18)10-6-16-7-12(17-10)20-11-3-2-9(15)4-8(11)5-14/h2-4,6-7H,15H2,1H3. The molecule has 7 nitrogen and oxygen atoms in total. The average molecular weight is 270 g/mol. The molecule has 1 aromatic carbocycles. The minimum absolute atomic E-state index is 0.0129. The molecule has 0 aliphatic heterocycles. The summed E-state index contributed by atoms with van der Waals surface area (Å²) >= 11 is 0. The molecule has 100 valence electrons. The van der Waals surface area contributed by atoms with Gasteiger partial charge in [-0.2, -0.15) is 5.26 Å². The number of anilines is 1. The van der Waals surface area contributed by atoms with Crippen molar-refractivity contribution in [3.8, 4) is 17.7 Å². The summed E-state index contributed by atoms with van der Waals surface area (Å²) in [6, 6.07) is 6.57. The number of methoxy groups -OCH3 is 1. The maximum absolute atomic E-state index is 11.3. The molecule has 2 rings (SSSR count). The lowest BCUT2D eigenvalue weighted by Gasteiger charge is -2.07. The van der Waals surface area contributed by atoms with Crippen LogP contribution < -0.4 is 10.5 Å². The van der Waals surface area contributed by atoms with Crippen LogP contribution in [0.25, 0.3) is 0 Å². The second-order valence-electron chi connectivity index (χ2n) is 3.70. The molecule has 0 saturated heterocycles. The van der Waals surface area contributed by atoms with E-state index in [1.165, 1.54) is 25.6 Å². The van der Waals surface area contributed by atoms with Crippen molar-refractivity contribution < 1.29 is 14.3 Å². The topological polar surface area (TPSA) is 111 Å². The molecule has 1 heterocycles. The summed E-state index contributed by atoms with van der Waals surface area (Å²) in [4.78, 5) is 19.1. The lowest BCUT2D eigenvalue weighted by Crippen LogP contribution is -2.05. The van der Waals surface area contributed by atoms with Gasteiger partial charge < -0.3 is 15.2 Å². The lowest BCUT2D eigenvalue weighted by atomic mass is 10.2. The zero-order valence-corrected chi connectivity index (χ0v) is 10.5. The fourth-order valence-corrected chi connectivity index (χ4v) is 1.44. The van der Waals surface area contributed by atoms with Gasteiger partial charge in [-0.3, -0.25) is 4.98 Å². The summed E-state index contributed by atoms with van der Waals surface area (Å²) in [6.45, 7) is 0. The number of hydrogen-bond acceptors (Lipinski definition) is 7. The summed E-state index contributed by atoms with van der Waals surface area (Å²) in [6.07, 6.45) is 2.58. The zero-order valence-electron chi connectivity index (χ0n) is 10.5. The van der Waals surface area contributed by atoms with Gasteiger partial charge in [-0.05, 0) is 18.2 Å². The second kappa shape index (κ2) is 5.67. The predicted molar refractivity (Wildman–Crippen MR) is 69.0 cm³/mol. The first-order chi connectivity index (χ1) is 9.63. The van der Waals surface area contributed by atoms with Gasteiger partial charge in [-0.1, -0.05) is 0 Å². The Morgan fingerprint density at radius 3 is 2.90 bits per heavy atom. The Hall–Kier alpha value is -3.14. The Kier molecular flexibility index (Phi) is 3.77. The first-order valence-electron chi connectivity index (χ1n) is 5.52. The summed E-state index contributed by atoms with van der Waals surface area (Å²) in [7, 11) is 1.24. The van der Waals surface area contributed by atoms with Gasteiger partial charge in [-0.15, -0.1) is 0 Å². The highest BCUT2D eigenvalue weighted by atomic mass is 16.5. The zero-order chi connectivity index (χ0) is 14.5. The number of carbonyl (C=O) groups is 1. The third-order valence-corrected chi connectivity index (χ3v) is 2.35. The smallest absolute Gasteiger partial charge is 0.358 e. The fourth-order valence-electron chi connectivity index (χ4n) is 1.44. The van der Waals surface area contributed by atoms with Gasteiger partial charge in [0.1, 0.15) is 11.8 Å². The molecule has 0 fully saturated rings. The quantitative estimate of drug-likeness (QED) is 0.664. The van der Waals surface area contributed by atoms with E-state index in [2.05, 4.69) is 14.7 Å². The van der Waals surface area contributed by atoms with E-state index in [1.807, 2.05) is 6.07 Å². The van der Waals surface area contributed by atoms with E-state index in [4.69, 9.17) is 15.7 Å². The van der Waals surface area contributed by atoms with E-state index in [9.17, 15) is 4.79 Å². The summed E-state index contributed by atoms with van der Waals surface area (Å²) in [5, 5.41) is 9.01. The summed E-state index contributed by atoms with van der Waals surface area (Å²) < 4.78 is 9.97. The molecule has 0 radical (unpaired) electrons. The van der Waals surface area contributed by atoms with Crippen molar-refractivity contribution in [3.05, 3.63) is 41.9 Å². The molecular weight excluding hydrogens is 260 g/mol. The Bertz CT molecular complexity index is 694. The molecule has 0 aliphatic rings. The number of nitrogens with two attached hydrogens (primary N) is 1. The molecule has 0 amide bonds. The molecule has 2 aromatic rings. The van der Waals surface area contributed by atoms with Gasteiger partial charge in [0.05, 0.1) is 25.1 Å². The first-order valence-corrected chi connectivity index (χ1v) is 5.52. The molecule has 7 heteroatoms. The van der Waals surface area contributed by atoms with Crippen LogP contribution in [0.4, 0.5) is 5.69 Å². The van der Waals surface area contributed by atoms with Crippen molar-refractivity contribution in [1.29, 1.82) is 5.26 Å². The number of nitriles is 1. The number of aromatic nitrogens is 2. The van der Waals surface area contributed by atoms with Crippen LogP contribution in [-0.2, 0) is 4.74 Å². The third-order valence-electron chi connectivity index (χ3n) is 2.35. The van der Waals surface area contributed by atoms with Crippen molar-refractivity contribution in [2.45, 2.75) is 0 Å². The van der Waals surface area contributed by atoms with Gasteiger partial charge >= 0.3 is 5.97 Å². The van der Waals surface area contributed by atoms with E-state index >= 15 is 0 Å². The van der Waals surface area contributed by atoms with Crippen LogP contribution in [0.1, 0.15) is 16.1 Å². The number of nitrogen functional groups attached to an aromatic ring is 1. The Morgan fingerprint density at radius 2 is 2.20 bits per heavy atom. The van der Waals surface area contributed by atoms with E-state index in [0.29, 0.717) is 5.69 Å². The maximum atomic E-state index is 11.3. The van der Waals surface area contributed by atoms with Crippen LogP contribution in [0.2, 0.25) is 0 Å². The first kappa shape index (κ1) is 13.3. The molecule has 1 aromatic heterocycles. The molecule has 0 spiro atoms. The van der Waals surface area contributed by atoms with Crippen molar-refractivity contribution in [1.82, 2.24) is 9.97 Å². The molecule has 0 aliphatic carbocycles. The molecule has 20 heavy (non-hydrogen) atoms. The third kappa shape index (κ3) is 2.81. The minimum Gasteiger partial charge on any atom is -0.464 e. The van der Waals surface area contributed by atoms with Gasteiger partial charge in [0, 0.05) is 5.69 Å². The number of nitrogens with zero attached hydrogens (tertiary/aromatic N) is 3. The van der Waals surface area contributed by atoms with Crippen molar-refractivity contribution in [2.24, 2.45) is 0 Å². The highest BCUT2D eigenvalue weighted by Crippen LogP contribution is 2.25. The van der Waals surface area contributed by atoms with Gasteiger partial charge in [0.25, 0.3) is 0 Å². The van der Waals surface area contributed by atoms with Crippen LogP contribution in [0.3, 0.4) is 0 Å². The summed E-state index contributed by atoms with van der Waals surface area (Å²) in [5.41, 5.74) is 6.30. The van der Waals surface area contributed by atoms with E-state index in [-0.39, 0.29) is 22.9 Å². The average Bonchev–Trinajstić information content (AvgIpc) is 2.48. The minimum atomic E-state index is -0.624. The maximum Gasteiger partial charge on any atom is 0.358 e. The number of ether oxygens (including phenoxy) is 2. The van der Waals surface area contributed by atoms with Crippen LogP contribution in [0.15, 0.2) is 30.6 Å². The Labute approximate surface area is 114 Å². The van der Waals surface area contributed by atoms with E-state index < -0.39 is 5.97 Å². The van der Waals surface area contributed by atoms with Crippen LogP contribution in [-0.4, -0.2) is 23.0 Å². The van der Waals surface area contributed by atoms with E-state index in [0.717, 1.165) is 0 Å². The van der Waals surface area contributed by atoms with Crippen LogP contribution in [0, 0.1) is 11.3 Å². The van der Waals surface area contributed by atoms with E-state index in [1.54, 1.807) is 12.1 Å². The van der Waals surface area contributed by atoms with Crippen molar-refractivity contribution >= 4 is 11.7 Å². The lowest BCUT2D eigenvalue weighted by molar-refractivity contribution is 0.0592. The number of benzene rings is 1. The van der Waals surface area contributed by atoms with Gasteiger partial charge in [0.2, 0.25) is 5.88 Å². The monoisotopic (exact) mass is 270 g/mol.